The Labute approximate surface area is 105 Å². The Kier molecular flexibility index (Phi) is 5.17. The Morgan fingerprint density at radius 2 is 2.00 bits per heavy atom. The minimum atomic E-state index is -0.831. The van der Waals surface area contributed by atoms with Crippen molar-refractivity contribution in [3.8, 4) is 5.75 Å². The molecule has 5 heteroatoms. The Hall–Kier alpha value is -2.04. The first-order valence-corrected chi connectivity index (χ1v) is 5.81. The normalized spacial score (nSPS) is 11.8. The standard InChI is InChI=1S/C13H17NO4/c1-9(13(17)18)5-4-8-14-12(16)10-6-2-3-7-11(10)15/h2-3,6-7,9,15H,4-5,8H2,1H3,(H,14,16)(H,17,18). The molecule has 0 aliphatic heterocycles. The van der Waals surface area contributed by atoms with Gasteiger partial charge in [0.05, 0.1) is 11.5 Å². The molecule has 5 nitrogen and oxygen atoms in total. The summed E-state index contributed by atoms with van der Waals surface area (Å²) in [6.07, 6.45) is 1.10. The minimum Gasteiger partial charge on any atom is -0.507 e. The zero-order chi connectivity index (χ0) is 13.5. The number of carboxylic acids is 1. The number of carbonyl (C=O) groups is 2. The summed E-state index contributed by atoms with van der Waals surface area (Å²) in [6.45, 7) is 2.03. The molecule has 18 heavy (non-hydrogen) atoms. The first-order chi connectivity index (χ1) is 8.52. The highest BCUT2D eigenvalue weighted by atomic mass is 16.4. The number of phenolic OH excluding ortho intramolecular Hbond substituents is 1. The largest absolute Gasteiger partial charge is 0.507 e. The summed E-state index contributed by atoms with van der Waals surface area (Å²) >= 11 is 0. The van der Waals surface area contributed by atoms with E-state index in [0.717, 1.165) is 0 Å². The van der Waals surface area contributed by atoms with Crippen molar-refractivity contribution in [1.82, 2.24) is 5.32 Å². The lowest BCUT2D eigenvalue weighted by atomic mass is 10.1. The maximum atomic E-state index is 11.7. The molecule has 98 valence electrons. The SMILES string of the molecule is CC(CCCNC(=O)c1ccccc1O)C(=O)O. The molecule has 0 aromatic heterocycles. The van der Waals surface area contributed by atoms with Crippen LogP contribution in [0.25, 0.3) is 0 Å². The Morgan fingerprint density at radius 3 is 2.61 bits per heavy atom. The fourth-order valence-corrected chi connectivity index (χ4v) is 1.49. The van der Waals surface area contributed by atoms with E-state index in [-0.39, 0.29) is 17.2 Å². The molecule has 0 fully saturated rings. The van der Waals surface area contributed by atoms with Crippen molar-refractivity contribution in [2.75, 3.05) is 6.54 Å². The first-order valence-electron chi connectivity index (χ1n) is 5.81. The highest BCUT2D eigenvalue weighted by Crippen LogP contribution is 2.15. The maximum Gasteiger partial charge on any atom is 0.306 e. The molecule has 1 aromatic carbocycles. The second kappa shape index (κ2) is 6.64. The van der Waals surface area contributed by atoms with Crippen LogP contribution in [-0.4, -0.2) is 28.6 Å². The number of aliphatic carboxylic acids is 1. The zero-order valence-electron chi connectivity index (χ0n) is 10.2. The minimum absolute atomic E-state index is 0.0612. The summed E-state index contributed by atoms with van der Waals surface area (Å²) in [5.41, 5.74) is 0.226. The van der Waals surface area contributed by atoms with Gasteiger partial charge < -0.3 is 15.5 Å². The van der Waals surface area contributed by atoms with E-state index in [1.165, 1.54) is 12.1 Å². The van der Waals surface area contributed by atoms with E-state index in [9.17, 15) is 14.7 Å². The van der Waals surface area contributed by atoms with Crippen LogP contribution in [0.2, 0.25) is 0 Å². The number of carbonyl (C=O) groups excluding carboxylic acids is 1. The number of rotatable bonds is 6. The van der Waals surface area contributed by atoms with Crippen LogP contribution in [0.1, 0.15) is 30.1 Å². The summed E-state index contributed by atoms with van der Waals surface area (Å²) in [5.74, 6) is -1.65. The molecule has 0 saturated heterocycles. The number of aromatic hydroxyl groups is 1. The van der Waals surface area contributed by atoms with Crippen molar-refractivity contribution < 1.29 is 19.8 Å². The van der Waals surface area contributed by atoms with Gasteiger partial charge in [-0.25, -0.2) is 0 Å². The van der Waals surface area contributed by atoms with Gasteiger partial charge in [-0.3, -0.25) is 9.59 Å². The second-order valence-electron chi connectivity index (χ2n) is 4.15. The van der Waals surface area contributed by atoms with E-state index in [1.807, 2.05) is 0 Å². The van der Waals surface area contributed by atoms with Crippen LogP contribution in [0.5, 0.6) is 5.75 Å². The van der Waals surface area contributed by atoms with E-state index in [0.29, 0.717) is 19.4 Å². The Bertz CT molecular complexity index is 431. The van der Waals surface area contributed by atoms with Gasteiger partial charge in [0, 0.05) is 6.54 Å². The van der Waals surface area contributed by atoms with Crippen LogP contribution in [0, 0.1) is 5.92 Å². The van der Waals surface area contributed by atoms with Gasteiger partial charge in [-0.05, 0) is 25.0 Å². The van der Waals surface area contributed by atoms with Crippen LogP contribution in [0.15, 0.2) is 24.3 Å². The molecule has 1 rings (SSSR count). The topological polar surface area (TPSA) is 86.6 Å². The molecule has 0 saturated carbocycles. The number of phenols is 1. The smallest absolute Gasteiger partial charge is 0.306 e. The number of benzene rings is 1. The van der Waals surface area contributed by atoms with E-state index >= 15 is 0 Å². The highest BCUT2D eigenvalue weighted by Gasteiger charge is 2.12. The van der Waals surface area contributed by atoms with Gasteiger partial charge in [-0.15, -0.1) is 0 Å². The predicted octanol–water partition coefficient (Wildman–Crippen LogP) is 1.62. The fraction of sp³-hybridized carbons (Fsp3) is 0.385. The molecule has 0 heterocycles. The Morgan fingerprint density at radius 1 is 1.33 bits per heavy atom. The van der Waals surface area contributed by atoms with Crippen molar-refractivity contribution in [1.29, 1.82) is 0 Å². The van der Waals surface area contributed by atoms with Crippen molar-refractivity contribution >= 4 is 11.9 Å². The molecule has 1 aromatic rings. The van der Waals surface area contributed by atoms with Gasteiger partial charge in [0.1, 0.15) is 5.75 Å². The number of amides is 1. The number of hydrogen-bond donors (Lipinski definition) is 3. The first kappa shape index (κ1) is 14.0. The molecular weight excluding hydrogens is 234 g/mol. The Balaban J connectivity index is 2.34. The highest BCUT2D eigenvalue weighted by molar-refractivity contribution is 5.96. The lowest BCUT2D eigenvalue weighted by Gasteiger charge is -2.08. The van der Waals surface area contributed by atoms with E-state index < -0.39 is 11.9 Å². The second-order valence-corrected chi connectivity index (χ2v) is 4.15. The summed E-state index contributed by atoms with van der Waals surface area (Å²) in [7, 11) is 0. The van der Waals surface area contributed by atoms with Gasteiger partial charge in [0.25, 0.3) is 5.91 Å². The molecule has 1 atom stereocenters. The van der Waals surface area contributed by atoms with Crippen LogP contribution in [-0.2, 0) is 4.79 Å². The number of carboxylic acid groups (broad SMARTS) is 1. The van der Waals surface area contributed by atoms with E-state index in [4.69, 9.17) is 5.11 Å². The van der Waals surface area contributed by atoms with Gasteiger partial charge in [-0.2, -0.15) is 0 Å². The molecule has 0 aliphatic rings. The molecule has 3 N–H and O–H groups in total. The molecule has 1 unspecified atom stereocenters. The molecular formula is C13H17NO4. The van der Waals surface area contributed by atoms with Crippen molar-refractivity contribution in [3.63, 3.8) is 0 Å². The monoisotopic (exact) mass is 251 g/mol. The third kappa shape index (κ3) is 4.08. The number of para-hydroxylation sites is 1. The van der Waals surface area contributed by atoms with E-state index in [1.54, 1.807) is 19.1 Å². The van der Waals surface area contributed by atoms with E-state index in [2.05, 4.69) is 5.32 Å². The van der Waals surface area contributed by atoms with Crippen LogP contribution in [0.4, 0.5) is 0 Å². The average Bonchev–Trinajstić information content (AvgIpc) is 2.34. The van der Waals surface area contributed by atoms with Crippen LogP contribution in [0.3, 0.4) is 0 Å². The summed E-state index contributed by atoms with van der Waals surface area (Å²) in [5, 5.41) is 20.8. The fourth-order valence-electron chi connectivity index (χ4n) is 1.49. The van der Waals surface area contributed by atoms with Gasteiger partial charge in [0.2, 0.25) is 0 Å². The van der Waals surface area contributed by atoms with Gasteiger partial charge >= 0.3 is 5.97 Å². The third-order valence-electron chi connectivity index (χ3n) is 2.67. The van der Waals surface area contributed by atoms with Gasteiger partial charge in [-0.1, -0.05) is 19.1 Å². The molecule has 0 bridgehead atoms. The van der Waals surface area contributed by atoms with Gasteiger partial charge in [0.15, 0.2) is 0 Å². The average molecular weight is 251 g/mol. The molecule has 1 amide bonds. The molecule has 0 spiro atoms. The lowest BCUT2D eigenvalue weighted by molar-refractivity contribution is -0.141. The zero-order valence-corrected chi connectivity index (χ0v) is 10.2. The quantitative estimate of drug-likeness (QED) is 0.670. The third-order valence-corrected chi connectivity index (χ3v) is 2.67. The van der Waals surface area contributed by atoms with Crippen molar-refractivity contribution in [2.24, 2.45) is 5.92 Å². The van der Waals surface area contributed by atoms with Crippen LogP contribution < -0.4 is 5.32 Å². The maximum absolute atomic E-state index is 11.7. The molecule has 0 aliphatic carbocycles. The van der Waals surface area contributed by atoms with Crippen molar-refractivity contribution in [2.45, 2.75) is 19.8 Å². The lowest BCUT2D eigenvalue weighted by Crippen LogP contribution is -2.25. The molecule has 0 radical (unpaired) electrons. The predicted molar refractivity (Wildman–Crippen MR) is 66.5 cm³/mol. The summed E-state index contributed by atoms with van der Waals surface area (Å²) in [4.78, 5) is 22.2. The number of hydrogen-bond acceptors (Lipinski definition) is 3. The summed E-state index contributed by atoms with van der Waals surface area (Å²) in [6, 6.07) is 6.29. The summed E-state index contributed by atoms with van der Waals surface area (Å²) < 4.78 is 0. The van der Waals surface area contributed by atoms with Crippen molar-refractivity contribution in [3.05, 3.63) is 29.8 Å². The number of nitrogens with one attached hydrogen (secondary N) is 1. The van der Waals surface area contributed by atoms with Crippen LogP contribution >= 0.6 is 0 Å².